The molecule has 1 fully saturated rings. The van der Waals surface area contributed by atoms with Gasteiger partial charge in [-0.05, 0) is 12.8 Å². The molecule has 1 heterocycles. The van der Waals surface area contributed by atoms with Crippen LogP contribution in [-0.4, -0.2) is 43.1 Å². The average molecular weight is 291 g/mol. The van der Waals surface area contributed by atoms with E-state index >= 15 is 0 Å². The molecule has 0 radical (unpaired) electrons. The second-order valence-electron chi connectivity index (χ2n) is 5.51. The van der Waals surface area contributed by atoms with Gasteiger partial charge in [-0.3, -0.25) is 4.79 Å². The number of unbranched alkanes of at least 4 members (excludes halogenated alkanes) is 4. The number of carbonyl (C=O) groups is 1. The van der Waals surface area contributed by atoms with Gasteiger partial charge in [0.2, 0.25) is 5.91 Å². The monoisotopic (exact) mass is 291 g/mol. The van der Waals surface area contributed by atoms with Crippen LogP contribution in [-0.2, 0) is 14.6 Å². The van der Waals surface area contributed by atoms with Gasteiger partial charge >= 0.3 is 0 Å². The van der Waals surface area contributed by atoms with Crippen LogP contribution in [0.15, 0.2) is 0 Å². The highest BCUT2D eigenvalue weighted by molar-refractivity contribution is 7.91. The predicted octanol–water partition coefficient (Wildman–Crippen LogP) is 1.01. The van der Waals surface area contributed by atoms with E-state index in [1.54, 1.807) is 0 Å². The Kier molecular flexibility index (Phi) is 6.26. The highest BCUT2D eigenvalue weighted by Crippen LogP contribution is 2.22. The predicted molar refractivity (Wildman–Crippen MR) is 74.6 cm³/mol. The molecule has 2 N–H and O–H groups in total. The molecule has 1 saturated heterocycles. The summed E-state index contributed by atoms with van der Waals surface area (Å²) in [6.07, 6.45) is 6.07. The molecule has 1 atom stereocenters. The molecule has 0 aliphatic carbocycles. The molecular formula is C13H25NO4S. The largest absolute Gasteiger partial charge is 0.387 e. The Morgan fingerprint density at radius 1 is 1.26 bits per heavy atom. The molecule has 5 nitrogen and oxygen atoms in total. The van der Waals surface area contributed by atoms with Gasteiger partial charge in [0.15, 0.2) is 9.84 Å². The van der Waals surface area contributed by atoms with E-state index in [1.165, 1.54) is 12.8 Å². The molecule has 0 aromatic carbocycles. The van der Waals surface area contributed by atoms with Gasteiger partial charge in [0.1, 0.15) is 0 Å². The van der Waals surface area contributed by atoms with Gasteiger partial charge in [-0.2, -0.15) is 0 Å². The van der Waals surface area contributed by atoms with Crippen LogP contribution in [0.3, 0.4) is 0 Å². The summed E-state index contributed by atoms with van der Waals surface area (Å²) in [5, 5.41) is 12.7. The maximum Gasteiger partial charge on any atom is 0.220 e. The Hall–Kier alpha value is -0.620. The molecule has 6 heteroatoms. The first-order valence-electron chi connectivity index (χ1n) is 7.06. The summed E-state index contributed by atoms with van der Waals surface area (Å²) in [6.45, 7) is 2.18. The first-order valence-corrected chi connectivity index (χ1v) is 8.88. The summed E-state index contributed by atoms with van der Waals surface area (Å²) >= 11 is 0. The van der Waals surface area contributed by atoms with Crippen LogP contribution in [0.4, 0.5) is 0 Å². The minimum atomic E-state index is -3.13. The van der Waals surface area contributed by atoms with E-state index < -0.39 is 15.4 Å². The molecule has 0 saturated carbocycles. The van der Waals surface area contributed by atoms with Crippen LogP contribution in [0.1, 0.15) is 51.9 Å². The fourth-order valence-corrected chi connectivity index (χ4v) is 4.18. The second kappa shape index (κ2) is 7.24. The summed E-state index contributed by atoms with van der Waals surface area (Å²) in [5.41, 5.74) is -1.27. The van der Waals surface area contributed by atoms with Crippen molar-refractivity contribution in [3.8, 4) is 0 Å². The Bertz CT molecular complexity index is 393. The summed E-state index contributed by atoms with van der Waals surface area (Å²) in [7, 11) is -3.13. The van der Waals surface area contributed by atoms with Crippen molar-refractivity contribution in [1.29, 1.82) is 0 Å². The lowest BCUT2D eigenvalue weighted by Gasteiger charge is -2.20. The molecule has 1 aliphatic heterocycles. The third-order valence-corrected chi connectivity index (χ3v) is 5.29. The number of hydrogen-bond donors (Lipinski definition) is 2. The van der Waals surface area contributed by atoms with Crippen LogP contribution in [0.5, 0.6) is 0 Å². The van der Waals surface area contributed by atoms with Gasteiger partial charge in [-0.15, -0.1) is 0 Å². The van der Waals surface area contributed by atoms with Crippen molar-refractivity contribution in [2.75, 3.05) is 18.1 Å². The summed E-state index contributed by atoms with van der Waals surface area (Å²) in [4.78, 5) is 11.6. The number of amides is 1. The molecule has 1 rings (SSSR count). The fourth-order valence-electron chi connectivity index (χ4n) is 2.28. The topological polar surface area (TPSA) is 83.5 Å². The van der Waals surface area contributed by atoms with Gasteiger partial charge < -0.3 is 10.4 Å². The van der Waals surface area contributed by atoms with E-state index in [2.05, 4.69) is 12.2 Å². The van der Waals surface area contributed by atoms with Gasteiger partial charge in [0.05, 0.1) is 17.1 Å². The van der Waals surface area contributed by atoms with Crippen molar-refractivity contribution in [2.24, 2.45) is 0 Å². The lowest BCUT2D eigenvalue weighted by atomic mass is 10.0. The number of rotatable bonds is 8. The van der Waals surface area contributed by atoms with E-state index in [-0.39, 0.29) is 30.4 Å². The minimum absolute atomic E-state index is 0.0103. The lowest BCUT2D eigenvalue weighted by Crippen LogP contribution is -2.43. The van der Waals surface area contributed by atoms with Crippen LogP contribution in [0.2, 0.25) is 0 Å². The van der Waals surface area contributed by atoms with Crippen LogP contribution in [0.25, 0.3) is 0 Å². The van der Waals surface area contributed by atoms with Crippen molar-refractivity contribution >= 4 is 15.7 Å². The maximum absolute atomic E-state index is 11.6. The molecule has 112 valence electrons. The van der Waals surface area contributed by atoms with Crippen LogP contribution >= 0.6 is 0 Å². The Morgan fingerprint density at radius 2 is 1.95 bits per heavy atom. The smallest absolute Gasteiger partial charge is 0.220 e. The van der Waals surface area contributed by atoms with E-state index in [4.69, 9.17) is 0 Å². The van der Waals surface area contributed by atoms with Gasteiger partial charge in [-0.25, -0.2) is 8.42 Å². The SMILES string of the molecule is CCCCCCCC(=O)NC[C@]1(O)CCS(=O)(=O)C1. The third-order valence-electron chi connectivity index (χ3n) is 3.49. The van der Waals surface area contributed by atoms with E-state index in [1.807, 2.05) is 0 Å². The first-order chi connectivity index (χ1) is 8.87. The molecule has 1 amide bonds. The van der Waals surface area contributed by atoms with E-state index in [0.29, 0.717) is 6.42 Å². The summed E-state index contributed by atoms with van der Waals surface area (Å²) in [5.74, 6) is -0.332. The number of sulfone groups is 1. The zero-order chi connectivity index (χ0) is 14.4. The number of hydrogen-bond acceptors (Lipinski definition) is 4. The molecular weight excluding hydrogens is 266 g/mol. The van der Waals surface area contributed by atoms with Gasteiger partial charge in [0.25, 0.3) is 0 Å². The van der Waals surface area contributed by atoms with Crippen molar-refractivity contribution in [3.63, 3.8) is 0 Å². The minimum Gasteiger partial charge on any atom is -0.387 e. The van der Waals surface area contributed by atoms with Crippen LogP contribution in [0, 0.1) is 0 Å². The second-order valence-corrected chi connectivity index (χ2v) is 7.69. The van der Waals surface area contributed by atoms with Crippen molar-refractivity contribution in [2.45, 2.75) is 57.5 Å². The zero-order valence-electron chi connectivity index (χ0n) is 11.7. The Balaban J connectivity index is 2.16. The maximum atomic E-state index is 11.6. The molecule has 19 heavy (non-hydrogen) atoms. The number of aliphatic hydroxyl groups is 1. The van der Waals surface area contributed by atoms with Crippen molar-refractivity contribution < 1.29 is 18.3 Å². The number of nitrogens with one attached hydrogen (secondary N) is 1. The standard InChI is InChI=1S/C13H25NO4S/c1-2-3-4-5-6-7-12(15)14-10-13(16)8-9-19(17,18)11-13/h16H,2-11H2,1H3,(H,14,15)/t13-/m1/s1. The third kappa shape index (κ3) is 6.38. The van der Waals surface area contributed by atoms with E-state index in [9.17, 15) is 18.3 Å². The highest BCUT2D eigenvalue weighted by Gasteiger charge is 2.40. The fraction of sp³-hybridized carbons (Fsp3) is 0.923. The van der Waals surface area contributed by atoms with Gasteiger partial charge in [-0.1, -0.05) is 32.6 Å². The Labute approximate surface area is 115 Å². The molecule has 0 unspecified atom stereocenters. The van der Waals surface area contributed by atoms with Crippen molar-refractivity contribution in [3.05, 3.63) is 0 Å². The lowest BCUT2D eigenvalue weighted by molar-refractivity contribution is -0.122. The summed E-state index contributed by atoms with van der Waals surface area (Å²) in [6, 6.07) is 0. The Morgan fingerprint density at radius 3 is 2.53 bits per heavy atom. The van der Waals surface area contributed by atoms with Gasteiger partial charge in [0, 0.05) is 13.0 Å². The normalized spacial score (nSPS) is 25.4. The molecule has 0 aromatic heterocycles. The quantitative estimate of drug-likeness (QED) is 0.654. The first kappa shape index (κ1) is 16.4. The van der Waals surface area contributed by atoms with E-state index in [0.717, 1.165) is 19.3 Å². The molecule has 0 spiro atoms. The molecule has 1 aliphatic rings. The average Bonchev–Trinajstić information content (AvgIpc) is 2.62. The highest BCUT2D eigenvalue weighted by atomic mass is 32.2. The molecule has 0 aromatic rings. The zero-order valence-corrected chi connectivity index (χ0v) is 12.5. The molecule has 0 bridgehead atoms. The van der Waals surface area contributed by atoms with Crippen LogP contribution < -0.4 is 5.32 Å². The number of carbonyl (C=O) groups excluding carboxylic acids is 1. The van der Waals surface area contributed by atoms with Crippen molar-refractivity contribution in [1.82, 2.24) is 5.32 Å². The summed E-state index contributed by atoms with van der Waals surface area (Å²) < 4.78 is 22.6.